The minimum Gasteiger partial charge on any atom is -0.342 e. The van der Waals surface area contributed by atoms with Crippen LogP contribution in [0.5, 0.6) is 0 Å². The minimum atomic E-state index is -0.413. The van der Waals surface area contributed by atoms with Crippen molar-refractivity contribution >= 4 is 28.8 Å². The topological polar surface area (TPSA) is 75.2 Å². The molecule has 2 aliphatic rings. The van der Waals surface area contributed by atoms with Crippen LogP contribution < -0.4 is 5.32 Å². The van der Waals surface area contributed by atoms with Gasteiger partial charge in [0.2, 0.25) is 10.9 Å². The van der Waals surface area contributed by atoms with Crippen LogP contribution in [0.1, 0.15) is 52.8 Å². The van der Waals surface area contributed by atoms with Gasteiger partial charge in [-0.2, -0.15) is 0 Å². The van der Waals surface area contributed by atoms with Crippen molar-refractivity contribution in [3.8, 4) is 0 Å². The molecular weight excluding hydrogens is 367 g/mol. The molecule has 0 radical (unpaired) electrons. The van der Waals surface area contributed by atoms with Gasteiger partial charge in [0.15, 0.2) is 0 Å². The van der Waals surface area contributed by atoms with Gasteiger partial charge in [-0.1, -0.05) is 23.8 Å². The molecular formula is C19H21FN4O2S. The Morgan fingerprint density at radius 2 is 2.04 bits per heavy atom. The molecule has 1 saturated carbocycles. The number of nitrogens with one attached hydrogen (secondary N) is 1. The van der Waals surface area contributed by atoms with Gasteiger partial charge in [0.25, 0.3) is 5.91 Å². The van der Waals surface area contributed by atoms with Crippen LogP contribution in [0.25, 0.3) is 0 Å². The summed E-state index contributed by atoms with van der Waals surface area (Å²) in [4.78, 5) is 26.8. The van der Waals surface area contributed by atoms with E-state index in [4.69, 9.17) is 0 Å². The van der Waals surface area contributed by atoms with Crippen LogP contribution in [0.2, 0.25) is 0 Å². The zero-order valence-corrected chi connectivity index (χ0v) is 15.7. The van der Waals surface area contributed by atoms with Crippen LogP contribution in [0.4, 0.5) is 10.1 Å². The molecule has 1 atom stereocenters. The maximum Gasteiger partial charge on any atom is 0.286 e. The van der Waals surface area contributed by atoms with Crippen molar-refractivity contribution in [2.45, 2.75) is 38.0 Å². The molecule has 4 rings (SSSR count). The van der Waals surface area contributed by atoms with E-state index in [1.807, 2.05) is 4.90 Å². The molecule has 1 aliphatic carbocycles. The van der Waals surface area contributed by atoms with Crippen LogP contribution in [0.15, 0.2) is 24.3 Å². The lowest BCUT2D eigenvalue weighted by molar-refractivity contribution is -0.139. The van der Waals surface area contributed by atoms with Crippen molar-refractivity contribution in [1.29, 1.82) is 0 Å². The summed E-state index contributed by atoms with van der Waals surface area (Å²) >= 11 is 1.25. The molecule has 8 heteroatoms. The molecule has 0 bridgehead atoms. The van der Waals surface area contributed by atoms with E-state index in [0.717, 1.165) is 43.7 Å². The van der Waals surface area contributed by atoms with Crippen molar-refractivity contribution in [2.24, 2.45) is 5.92 Å². The van der Waals surface area contributed by atoms with Crippen LogP contribution >= 0.6 is 11.3 Å². The lowest BCUT2D eigenvalue weighted by Crippen LogP contribution is -2.44. The number of carbonyl (C=O) groups excluding carboxylic acids is 2. The summed E-state index contributed by atoms with van der Waals surface area (Å²) in [6.07, 6.45) is 5.03. The third kappa shape index (κ3) is 4.00. The van der Waals surface area contributed by atoms with Gasteiger partial charge in [-0.15, -0.1) is 10.2 Å². The second-order valence-corrected chi connectivity index (χ2v) is 8.17. The van der Waals surface area contributed by atoms with E-state index < -0.39 is 11.7 Å². The van der Waals surface area contributed by atoms with E-state index in [-0.39, 0.29) is 22.8 Å². The van der Waals surface area contributed by atoms with Gasteiger partial charge in [0.1, 0.15) is 10.8 Å². The third-order valence-electron chi connectivity index (χ3n) is 5.25. The predicted octanol–water partition coefficient (Wildman–Crippen LogP) is 3.44. The number of hydrogen-bond donors (Lipinski definition) is 1. The first-order valence-electron chi connectivity index (χ1n) is 9.29. The van der Waals surface area contributed by atoms with Gasteiger partial charge in [0, 0.05) is 30.6 Å². The molecule has 27 heavy (non-hydrogen) atoms. The fraction of sp³-hybridized carbons (Fsp3) is 0.474. The molecule has 1 aromatic heterocycles. The summed E-state index contributed by atoms with van der Waals surface area (Å²) in [5.41, 5.74) is 0.381. The maximum absolute atomic E-state index is 13.2. The molecule has 1 aliphatic heterocycles. The monoisotopic (exact) mass is 388 g/mol. The second kappa shape index (κ2) is 7.72. The molecule has 1 N–H and O–H groups in total. The number of aromatic nitrogens is 2. The van der Waals surface area contributed by atoms with Gasteiger partial charge in [-0.05, 0) is 43.9 Å². The van der Waals surface area contributed by atoms with E-state index in [0.29, 0.717) is 12.2 Å². The first-order valence-corrected chi connectivity index (χ1v) is 10.1. The highest BCUT2D eigenvalue weighted by Gasteiger charge is 2.33. The van der Waals surface area contributed by atoms with E-state index >= 15 is 0 Å². The molecule has 6 nitrogen and oxygen atoms in total. The highest BCUT2D eigenvalue weighted by atomic mass is 32.1. The SMILES string of the molecule is O=C(Nc1cccc(F)c1)c1nnc(C2CCCN(C(=O)C3CCC3)C2)s1. The number of anilines is 1. The van der Waals surface area contributed by atoms with Gasteiger partial charge in [-0.25, -0.2) is 4.39 Å². The van der Waals surface area contributed by atoms with Crippen molar-refractivity contribution in [2.75, 3.05) is 18.4 Å². The number of rotatable bonds is 4. The molecule has 2 amide bonds. The number of piperidine rings is 1. The Balaban J connectivity index is 1.40. The lowest BCUT2D eigenvalue weighted by Gasteiger charge is -2.36. The fourth-order valence-electron chi connectivity index (χ4n) is 3.53. The average Bonchev–Trinajstić information content (AvgIpc) is 3.11. The summed E-state index contributed by atoms with van der Waals surface area (Å²) in [6, 6.07) is 5.73. The fourth-order valence-corrected chi connectivity index (χ4v) is 4.40. The van der Waals surface area contributed by atoms with Crippen LogP contribution in [0, 0.1) is 11.7 Å². The van der Waals surface area contributed by atoms with E-state index in [9.17, 15) is 14.0 Å². The van der Waals surface area contributed by atoms with Crippen molar-refractivity contribution in [3.05, 3.63) is 40.1 Å². The molecule has 1 saturated heterocycles. The van der Waals surface area contributed by atoms with E-state index in [2.05, 4.69) is 15.5 Å². The number of halogens is 1. The Kier molecular flexibility index (Phi) is 5.15. The first kappa shape index (κ1) is 18.0. The normalized spacial score (nSPS) is 20.2. The minimum absolute atomic E-state index is 0.121. The van der Waals surface area contributed by atoms with Crippen LogP contribution in [0.3, 0.4) is 0 Å². The van der Waals surface area contributed by atoms with Gasteiger partial charge in [0.05, 0.1) is 0 Å². The van der Waals surface area contributed by atoms with Crippen LogP contribution in [-0.2, 0) is 4.79 Å². The molecule has 2 fully saturated rings. The number of benzene rings is 1. The van der Waals surface area contributed by atoms with Gasteiger partial charge in [-0.3, -0.25) is 9.59 Å². The van der Waals surface area contributed by atoms with Crippen molar-refractivity contribution < 1.29 is 14.0 Å². The number of likely N-dealkylation sites (tertiary alicyclic amines) is 1. The van der Waals surface area contributed by atoms with Crippen LogP contribution in [-0.4, -0.2) is 40.0 Å². The van der Waals surface area contributed by atoms with E-state index in [1.54, 1.807) is 6.07 Å². The zero-order valence-electron chi connectivity index (χ0n) is 14.9. The maximum atomic E-state index is 13.2. The molecule has 2 aromatic rings. The van der Waals surface area contributed by atoms with Gasteiger partial charge < -0.3 is 10.2 Å². The Bertz CT molecular complexity index is 852. The largest absolute Gasteiger partial charge is 0.342 e. The lowest BCUT2D eigenvalue weighted by atomic mass is 9.83. The molecule has 1 aromatic carbocycles. The number of hydrogen-bond acceptors (Lipinski definition) is 5. The smallest absolute Gasteiger partial charge is 0.286 e. The standard InChI is InChI=1S/C19H21FN4O2S/c20-14-7-2-8-15(10-14)21-16(25)18-23-22-17(27-18)13-6-3-9-24(11-13)19(26)12-4-1-5-12/h2,7-8,10,12-13H,1,3-6,9,11H2,(H,21,25). The summed E-state index contributed by atoms with van der Waals surface area (Å²) < 4.78 is 13.2. The Morgan fingerprint density at radius 3 is 2.78 bits per heavy atom. The van der Waals surface area contributed by atoms with Gasteiger partial charge >= 0.3 is 0 Å². The second-order valence-electron chi connectivity index (χ2n) is 7.16. The Morgan fingerprint density at radius 1 is 1.19 bits per heavy atom. The Hall–Kier alpha value is -2.35. The quantitative estimate of drug-likeness (QED) is 0.871. The third-order valence-corrected chi connectivity index (χ3v) is 6.34. The summed E-state index contributed by atoms with van der Waals surface area (Å²) in [7, 11) is 0. The predicted molar refractivity (Wildman–Crippen MR) is 100 cm³/mol. The highest BCUT2D eigenvalue weighted by molar-refractivity contribution is 7.13. The van der Waals surface area contributed by atoms with E-state index in [1.165, 1.54) is 29.5 Å². The Labute approximate surface area is 160 Å². The number of carbonyl (C=O) groups is 2. The first-order chi connectivity index (χ1) is 13.1. The average molecular weight is 388 g/mol. The highest BCUT2D eigenvalue weighted by Crippen LogP contribution is 2.33. The summed E-state index contributed by atoms with van der Waals surface area (Å²) in [5.74, 6) is -0.229. The molecule has 142 valence electrons. The summed E-state index contributed by atoms with van der Waals surface area (Å²) in [6.45, 7) is 1.45. The number of nitrogens with zero attached hydrogens (tertiary/aromatic N) is 3. The molecule has 0 spiro atoms. The number of amides is 2. The summed E-state index contributed by atoms with van der Waals surface area (Å²) in [5, 5.41) is 11.9. The molecule has 1 unspecified atom stereocenters. The zero-order chi connectivity index (χ0) is 18.8. The van der Waals surface area contributed by atoms with Crippen molar-refractivity contribution in [1.82, 2.24) is 15.1 Å². The molecule has 2 heterocycles. The van der Waals surface area contributed by atoms with Crippen molar-refractivity contribution in [3.63, 3.8) is 0 Å².